The average Bonchev–Trinajstić information content (AvgIpc) is 2.96. The molecule has 22 heavy (non-hydrogen) atoms. The Morgan fingerprint density at radius 2 is 2.27 bits per heavy atom. The van der Waals surface area contributed by atoms with E-state index >= 15 is 0 Å². The molecule has 1 N–H and O–H groups in total. The lowest BCUT2D eigenvalue weighted by Gasteiger charge is -2.13. The maximum Gasteiger partial charge on any atom is 0.272 e. The molecule has 0 radical (unpaired) electrons. The lowest BCUT2D eigenvalue weighted by atomic mass is 10.3. The monoisotopic (exact) mass is 303 g/mol. The highest BCUT2D eigenvalue weighted by Gasteiger charge is 2.14. The summed E-state index contributed by atoms with van der Waals surface area (Å²) in [5, 5.41) is 11.1. The number of hydrogen-bond acceptors (Lipinski definition) is 5. The van der Waals surface area contributed by atoms with Gasteiger partial charge in [0.15, 0.2) is 0 Å². The lowest BCUT2D eigenvalue weighted by Crippen LogP contribution is -2.29. The highest BCUT2D eigenvalue weighted by atomic mass is 16.5. The molecule has 0 saturated carbocycles. The van der Waals surface area contributed by atoms with E-state index < -0.39 is 0 Å². The fourth-order valence-electron chi connectivity index (χ4n) is 2.26. The highest BCUT2D eigenvalue weighted by molar-refractivity contribution is 5.91. The van der Waals surface area contributed by atoms with Gasteiger partial charge < -0.3 is 10.1 Å². The lowest BCUT2D eigenvalue weighted by molar-refractivity contribution is 0.0943. The molecule has 116 valence electrons. The van der Waals surface area contributed by atoms with Crippen LogP contribution in [0.3, 0.4) is 0 Å². The molecule has 0 spiro atoms. The summed E-state index contributed by atoms with van der Waals surface area (Å²) in [5.41, 5.74) is 0.716. The van der Waals surface area contributed by atoms with Crippen molar-refractivity contribution in [2.24, 2.45) is 0 Å². The van der Waals surface area contributed by atoms with Crippen LogP contribution in [0.4, 0.5) is 0 Å². The van der Waals surface area contributed by atoms with E-state index in [1.165, 1.54) is 16.8 Å². The summed E-state index contributed by atoms with van der Waals surface area (Å²) in [6.45, 7) is 4.03. The van der Waals surface area contributed by atoms with E-state index in [0.717, 1.165) is 24.5 Å². The van der Waals surface area contributed by atoms with E-state index in [2.05, 4.69) is 15.5 Å². The number of ether oxygens (including phenoxy) is 1. The van der Waals surface area contributed by atoms with Gasteiger partial charge in [0.2, 0.25) is 5.88 Å². The maximum atomic E-state index is 12.1. The third kappa shape index (κ3) is 2.85. The van der Waals surface area contributed by atoms with Gasteiger partial charge >= 0.3 is 0 Å². The van der Waals surface area contributed by atoms with Crippen molar-refractivity contribution in [2.45, 2.75) is 33.0 Å². The Morgan fingerprint density at radius 3 is 3.05 bits per heavy atom. The van der Waals surface area contributed by atoms with E-state index in [4.69, 9.17) is 4.74 Å². The number of carbonyl (C=O) groups is 1. The van der Waals surface area contributed by atoms with Gasteiger partial charge in [0.25, 0.3) is 11.5 Å². The number of nitrogens with zero attached hydrogens (tertiary/aromatic N) is 4. The minimum atomic E-state index is -0.339. The van der Waals surface area contributed by atoms with Gasteiger partial charge in [-0.1, -0.05) is 0 Å². The molecular weight excluding hydrogens is 286 g/mol. The van der Waals surface area contributed by atoms with Crippen molar-refractivity contribution >= 4 is 5.91 Å². The van der Waals surface area contributed by atoms with E-state index in [-0.39, 0.29) is 23.7 Å². The van der Waals surface area contributed by atoms with Crippen LogP contribution in [0.2, 0.25) is 0 Å². The molecular formula is C14H17N5O3. The molecule has 0 aliphatic carbocycles. The van der Waals surface area contributed by atoms with Crippen LogP contribution in [0.15, 0.2) is 23.0 Å². The van der Waals surface area contributed by atoms with Crippen molar-refractivity contribution in [3.63, 3.8) is 0 Å². The van der Waals surface area contributed by atoms with Gasteiger partial charge in [-0.05, 0) is 13.0 Å². The fraction of sp³-hybridized carbons (Fsp3) is 0.429. The number of fused-ring (bicyclic) bond motifs is 1. The Morgan fingerprint density at radius 1 is 1.41 bits per heavy atom. The first kappa shape index (κ1) is 14.3. The molecule has 0 saturated heterocycles. The molecule has 0 bridgehead atoms. The molecule has 3 heterocycles. The van der Waals surface area contributed by atoms with Crippen LogP contribution in [0.1, 0.15) is 29.5 Å². The molecule has 1 aliphatic rings. The smallest absolute Gasteiger partial charge is 0.272 e. The summed E-state index contributed by atoms with van der Waals surface area (Å²) in [7, 11) is 0. The highest BCUT2D eigenvalue weighted by Crippen LogP contribution is 2.18. The number of nitrogens with one attached hydrogen (secondary N) is 1. The molecule has 3 rings (SSSR count). The largest absolute Gasteiger partial charge is 0.478 e. The van der Waals surface area contributed by atoms with Crippen LogP contribution < -0.4 is 15.6 Å². The molecule has 8 heteroatoms. The summed E-state index contributed by atoms with van der Waals surface area (Å²) < 4.78 is 8.52. The SMILES string of the molecule is CCn1nc(C(=O)NCc2cc3n(n2)CCCO3)ccc1=O. The summed E-state index contributed by atoms with van der Waals surface area (Å²) in [5.74, 6) is 0.391. The topological polar surface area (TPSA) is 91.0 Å². The number of carbonyl (C=O) groups excluding carboxylic acids is 1. The Balaban J connectivity index is 1.67. The molecule has 2 aromatic heterocycles. The second-order valence-corrected chi connectivity index (χ2v) is 4.95. The van der Waals surface area contributed by atoms with Crippen LogP contribution in [0.5, 0.6) is 5.88 Å². The van der Waals surface area contributed by atoms with Crippen LogP contribution in [-0.2, 0) is 19.6 Å². The summed E-state index contributed by atoms with van der Waals surface area (Å²) >= 11 is 0. The first-order valence-electron chi connectivity index (χ1n) is 7.23. The Labute approximate surface area is 126 Å². The fourth-order valence-corrected chi connectivity index (χ4v) is 2.26. The van der Waals surface area contributed by atoms with Gasteiger partial charge in [0.1, 0.15) is 5.69 Å². The van der Waals surface area contributed by atoms with Gasteiger partial charge in [0, 0.05) is 31.6 Å². The predicted octanol–water partition coefficient (Wildman–Crippen LogP) is 0.172. The zero-order chi connectivity index (χ0) is 15.5. The van der Waals surface area contributed by atoms with Crippen LogP contribution in [-0.4, -0.2) is 32.1 Å². The number of aryl methyl sites for hydroxylation is 2. The molecule has 0 aromatic carbocycles. The standard InChI is InChI=1S/C14H17N5O3/c1-2-18-12(20)5-4-11(17-18)14(21)15-9-10-8-13-19(16-10)6-3-7-22-13/h4-5,8H,2-3,6-7,9H2,1H3,(H,15,21). The number of aromatic nitrogens is 4. The van der Waals surface area contributed by atoms with Crippen LogP contribution >= 0.6 is 0 Å². The van der Waals surface area contributed by atoms with Crippen molar-refractivity contribution in [1.82, 2.24) is 24.9 Å². The second-order valence-electron chi connectivity index (χ2n) is 4.95. The molecule has 8 nitrogen and oxygen atoms in total. The van der Waals surface area contributed by atoms with Crippen molar-refractivity contribution in [3.8, 4) is 5.88 Å². The third-order valence-electron chi connectivity index (χ3n) is 3.39. The summed E-state index contributed by atoms with van der Waals surface area (Å²) in [6, 6.07) is 4.58. The van der Waals surface area contributed by atoms with Crippen molar-refractivity contribution < 1.29 is 9.53 Å². The third-order valence-corrected chi connectivity index (χ3v) is 3.39. The van der Waals surface area contributed by atoms with E-state index in [9.17, 15) is 9.59 Å². The quantitative estimate of drug-likeness (QED) is 0.869. The molecule has 1 aliphatic heterocycles. The minimum Gasteiger partial charge on any atom is -0.478 e. The Bertz CT molecular complexity index is 726. The second kappa shape index (κ2) is 6.00. The summed E-state index contributed by atoms with van der Waals surface area (Å²) in [6.07, 6.45) is 0.933. The first-order chi connectivity index (χ1) is 10.7. The number of rotatable bonds is 4. The summed E-state index contributed by atoms with van der Waals surface area (Å²) in [4.78, 5) is 23.5. The maximum absolute atomic E-state index is 12.1. The van der Waals surface area contributed by atoms with Gasteiger partial charge in [0.05, 0.1) is 18.8 Å². The van der Waals surface area contributed by atoms with Gasteiger partial charge in [-0.2, -0.15) is 10.2 Å². The Kier molecular flexibility index (Phi) is 3.90. The normalized spacial score (nSPS) is 13.3. The van der Waals surface area contributed by atoms with E-state index in [0.29, 0.717) is 13.2 Å². The average molecular weight is 303 g/mol. The van der Waals surface area contributed by atoms with E-state index in [1.807, 2.05) is 6.07 Å². The van der Waals surface area contributed by atoms with Crippen LogP contribution in [0.25, 0.3) is 0 Å². The zero-order valence-electron chi connectivity index (χ0n) is 12.3. The zero-order valence-corrected chi connectivity index (χ0v) is 12.3. The number of hydrogen-bond donors (Lipinski definition) is 1. The minimum absolute atomic E-state index is 0.210. The van der Waals surface area contributed by atoms with Crippen molar-refractivity contribution in [1.29, 1.82) is 0 Å². The molecule has 1 amide bonds. The molecule has 0 unspecified atom stereocenters. The molecule has 0 fully saturated rings. The number of amides is 1. The van der Waals surface area contributed by atoms with Gasteiger partial charge in [-0.25, -0.2) is 9.36 Å². The molecule has 2 aromatic rings. The van der Waals surface area contributed by atoms with E-state index in [1.54, 1.807) is 11.6 Å². The first-order valence-corrected chi connectivity index (χ1v) is 7.23. The predicted molar refractivity (Wildman–Crippen MR) is 77.7 cm³/mol. The van der Waals surface area contributed by atoms with Crippen molar-refractivity contribution in [2.75, 3.05) is 6.61 Å². The Hall–Kier alpha value is -2.64. The van der Waals surface area contributed by atoms with Gasteiger partial charge in [-0.15, -0.1) is 0 Å². The van der Waals surface area contributed by atoms with Crippen molar-refractivity contribution in [3.05, 3.63) is 39.9 Å². The molecule has 0 atom stereocenters. The van der Waals surface area contributed by atoms with Crippen LogP contribution in [0, 0.1) is 0 Å². The van der Waals surface area contributed by atoms with Gasteiger partial charge in [-0.3, -0.25) is 9.59 Å².